The molecule has 3 rings (SSSR count). The largest absolute Gasteiger partial charge is 0.423 e. The van der Waals surface area contributed by atoms with E-state index in [1.807, 2.05) is 0 Å². The fraction of sp³-hybridized carbons (Fsp3) is 0.0435. The standard InChI is InChI=1S/C23H17ClN4O6/c1-14-5-8-17(12-20(14)24)26-21(29)22(30)27-25-13-15-3-2-4-19(11-15)34-23(31)16-6-9-18(10-7-16)28(32)33/h2-13H,1H3,(H,26,29)(H,27,30)/b25-13+. The van der Waals surface area contributed by atoms with Gasteiger partial charge in [-0.25, -0.2) is 10.2 Å². The van der Waals surface area contributed by atoms with Crippen LogP contribution < -0.4 is 15.5 Å². The Kier molecular flexibility index (Phi) is 7.67. The highest BCUT2D eigenvalue weighted by Crippen LogP contribution is 2.20. The van der Waals surface area contributed by atoms with Crippen molar-refractivity contribution in [3.8, 4) is 5.75 Å². The quantitative estimate of drug-likeness (QED) is 0.137. The van der Waals surface area contributed by atoms with Gasteiger partial charge in [-0.15, -0.1) is 0 Å². The predicted molar refractivity (Wildman–Crippen MR) is 125 cm³/mol. The van der Waals surface area contributed by atoms with Gasteiger partial charge in [0.05, 0.1) is 16.7 Å². The summed E-state index contributed by atoms with van der Waals surface area (Å²) in [6.45, 7) is 1.81. The van der Waals surface area contributed by atoms with E-state index in [9.17, 15) is 24.5 Å². The van der Waals surface area contributed by atoms with Crippen molar-refractivity contribution in [2.45, 2.75) is 6.92 Å². The molecule has 0 saturated carbocycles. The number of nitro benzene ring substituents is 1. The molecule has 0 saturated heterocycles. The molecule has 0 aliphatic carbocycles. The summed E-state index contributed by atoms with van der Waals surface area (Å²) in [5, 5.41) is 17.3. The molecule has 0 radical (unpaired) electrons. The first-order valence-corrected chi connectivity index (χ1v) is 10.1. The second kappa shape index (κ2) is 10.8. The lowest BCUT2D eigenvalue weighted by Gasteiger charge is -2.06. The molecule has 0 aliphatic heterocycles. The van der Waals surface area contributed by atoms with Crippen molar-refractivity contribution >= 4 is 47.0 Å². The minimum absolute atomic E-state index is 0.137. The fourth-order valence-corrected chi connectivity index (χ4v) is 2.80. The maximum Gasteiger partial charge on any atom is 0.343 e. The van der Waals surface area contributed by atoms with Gasteiger partial charge < -0.3 is 10.1 Å². The summed E-state index contributed by atoms with van der Waals surface area (Å²) in [5.41, 5.74) is 3.76. The van der Waals surface area contributed by atoms with Crippen LogP contribution in [0.4, 0.5) is 11.4 Å². The Balaban J connectivity index is 1.56. The Hall–Kier alpha value is -4.57. The highest BCUT2D eigenvalue weighted by Gasteiger charge is 2.14. The van der Waals surface area contributed by atoms with E-state index in [0.717, 1.165) is 5.56 Å². The molecule has 3 aromatic rings. The summed E-state index contributed by atoms with van der Waals surface area (Å²) < 4.78 is 5.26. The number of esters is 1. The second-order valence-corrected chi connectivity index (χ2v) is 7.29. The minimum Gasteiger partial charge on any atom is -0.423 e. The molecule has 0 unspecified atom stereocenters. The van der Waals surface area contributed by atoms with E-state index in [4.69, 9.17) is 16.3 Å². The van der Waals surface area contributed by atoms with Crippen LogP contribution in [-0.2, 0) is 9.59 Å². The molecule has 2 N–H and O–H groups in total. The van der Waals surface area contributed by atoms with E-state index in [1.165, 1.54) is 48.7 Å². The normalized spacial score (nSPS) is 10.5. The summed E-state index contributed by atoms with van der Waals surface area (Å²) in [7, 11) is 0. The van der Waals surface area contributed by atoms with E-state index in [-0.39, 0.29) is 17.0 Å². The van der Waals surface area contributed by atoms with Crippen molar-refractivity contribution in [3.63, 3.8) is 0 Å². The number of hydrazone groups is 1. The van der Waals surface area contributed by atoms with E-state index in [1.54, 1.807) is 31.2 Å². The Labute approximate surface area is 198 Å². The number of amides is 2. The second-order valence-electron chi connectivity index (χ2n) is 6.88. The number of nitrogens with one attached hydrogen (secondary N) is 2. The van der Waals surface area contributed by atoms with Crippen LogP contribution in [-0.4, -0.2) is 28.9 Å². The SMILES string of the molecule is Cc1ccc(NC(=O)C(=O)N/N=C/c2cccc(OC(=O)c3ccc([N+](=O)[O-])cc3)c2)cc1Cl. The number of benzene rings is 3. The van der Waals surface area contributed by atoms with Crippen LogP contribution in [0.5, 0.6) is 5.75 Å². The Morgan fingerprint density at radius 3 is 2.44 bits per heavy atom. The summed E-state index contributed by atoms with van der Waals surface area (Å²) >= 11 is 5.99. The first-order chi connectivity index (χ1) is 16.2. The van der Waals surface area contributed by atoms with E-state index >= 15 is 0 Å². The number of aryl methyl sites for hydroxylation is 1. The van der Waals surface area contributed by atoms with Gasteiger partial charge in [-0.1, -0.05) is 29.8 Å². The summed E-state index contributed by atoms with van der Waals surface area (Å²) in [4.78, 5) is 46.3. The zero-order valence-electron chi connectivity index (χ0n) is 17.7. The van der Waals surface area contributed by atoms with E-state index < -0.39 is 22.7 Å². The van der Waals surface area contributed by atoms with Crippen molar-refractivity contribution < 1.29 is 24.0 Å². The number of hydrogen-bond acceptors (Lipinski definition) is 7. The fourth-order valence-electron chi connectivity index (χ4n) is 2.62. The molecule has 11 heteroatoms. The Morgan fingerprint density at radius 1 is 1.03 bits per heavy atom. The van der Waals surface area contributed by atoms with E-state index in [0.29, 0.717) is 16.3 Å². The highest BCUT2D eigenvalue weighted by molar-refractivity contribution is 6.39. The number of halogens is 1. The van der Waals surface area contributed by atoms with Gasteiger partial charge in [0.25, 0.3) is 5.69 Å². The average molecular weight is 481 g/mol. The zero-order valence-corrected chi connectivity index (χ0v) is 18.4. The lowest BCUT2D eigenvalue weighted by molar-refractivity contribution is -0.384. The van der Waals surface area contributed by atoms with Gasteiger partial charge in [0.2, 0.25) is 0 Å². The third-order valence-electron chi connectivity index (χ3n) is 4.40. The van der Waals surface area contributed by atoms with Crippen molar-refractivity contribution in [2.75, 3.05) is 5.32 Å². The summed E-state index contributed by atoms with van der Waals surface area (Å²) in [5.74, 6) is -2.44. The number of non-ortho nitro benzene ring substituents is 1. The average Bonchev–Trinajstić information content (AvgIpc) is 2.81. The molecule has 172 valence electrons. The predicted octanol–water partition coefficient (Wildman–Crippen LogP) is 3.86. The monoisotopic (exact) mass is 480 g/mol. The van der Waals surface area contributed by atoms with Crippen LogP contribution in [0.1, 0.15) is 21.5 Å². The number of anilines is 1. The number of ether oxygens (including phenoxy) is 1. The smallest absolute Gasteiger partial charge is 0.343 e. The minimum atomic E-state index is -0.992. The number of rotatable bonds is 6. The third-order valence-corrected chi connectivity index (χ3v) is 4.81. The van der Waals surface area contributed by atoms with Gasteiger partial charge in [-0.2, -0.15) is 5.10 Å². The molecule has 0 aromatic heterocycles. The third kappa shape index (κ3) is 6.47. The molecule has 0 aliphatic rings. The molecule has 34 heavy (non-hydrogen) atoms. The molecular formula is C23H17ClN4O6. The van der Waals surface area contributed by atoms with Crippen molar-refractivity contribution in [1.29, 1.82) is 0 Å². The lowest BCUT2D eigenvalue weighted by Crippen LogP contribution is -2.32. The topological polar surface area (TPSA) is 140 Å². The maximum atomic E-state index is 12.2. The molecule has 0 fully saturated rings. The first kappa shape index (κ1) is 24.1. The van der Waals surface area contributed by atoms with Crippen molar-refractivity contribution in [3.05, 3.63) is 98.6 Å². The van der Waals surface area contributed by atoms with Gasteiger partial charge in [0.15, 0.2) is 0 Å². The Bertz CT molecular complexity index is 1290. The molecule has 10 nitrogen and oxygen atoms in total. The number of carbonyl (C=O) groups is 3. The molecule has 3 aromatic carbocycles. The summed E-state index contributed by atoms with van der Waals surface area (Å²) in [6, 6.07) is 16.0. The number of nitro groups is 1. The molecule has 2 amide bonds. The Morgan fingerprint density at radius 2 is 1.76 bits per heavy atom. The van der Waals surface area contributed by atoms with Crippen LogP contribution in [0.15, 0.2) is 71.8 Å². The molecule has 0 heterocycles. The van der Waals surface area contributed by atoms with Gasteiger partial charge in [-0.05, 0) is 54.4 Å². The van der Waals surface area contributed by atoms with Crippen LogP contribution >= 0.6 is 11.6 Å². The molecule has 0 spiro atoms. The van der Waals surface area contributed by atoms with Crippen LogP contribution in [0.3, 0.4) is 0 Å². The van der Waals surface area contributed by atoms with Gasteiger partial charge >= 0.3 is 17.8 Å². The van der Waals surface area contributed by atoms with Crippen LogP contribution in [0.25, 0.3) is 0 Å². The molecular weight excluding hydrogens is 464 g/mol. The zero-order chi connectivity index (χ0) is 24.7. The highest BCUT2D eigenvalue weighted by atomic mass is 35.5. The first-order valence-electron chi connectivity index (χ1n) is 9.70. The maximum absolute atomic E-state index is 12.2. The van der Waals surface area contributed by atoms with Gasteiger partial charge in [0, 0.05) is 22.8 Å². The van der Waals surface area contributed by atoms with E-state index in [2.05, 4.69) is 15.8 Å². The molecule has 0 atom stereocenters. The summed E-state index contributed by atoms with van der Waals surface area (Å²) in [6.07, 6.45) is 1.26. The van der Waals surface area contributed by atoms with Crippen molar-refractivity contribution in [1.82, 2.24) is 5.43 Å². The van der Waals surface area contributed by atoms with Crippen LogP contribution in [0.2, 0.25) is 5.02 Å². The number of carbonyl (C=O) groups excluding carboxylic acids is 3. The molecule has 0 bridgehead atoms. The lowest BCUT2D eigenvalue weighted by atomic mass is 10.2. The number of hydrogen-bond donors (Lipinski definition) is 2. The van der Waals surface area contributed by atoms with Gasteiger partial charge in [0.1, 0.15) is 5.75 Å². The van der Waals surface area contributed by atoms with Crippen LogP contribution in [0, 0.1) is 17.0 Å². The van der Waals surface area contributed by atoms with Gasteiger partial charge in [-0.3, -0.25) is 19.7 Å². The number of nitrogens with zero attached hydrogens (tertiary/aromatic N) is 2. The van der Waals surface area contributed by atoms with Crippen molar-refractivity contribution in [2.24, 2.45) is 5.10 Å².